The van der Waals surface area contributed by atoms with E-state index in [1.165, 1.54) is 6.21 Å². The molecule has 30 heavy (non-hydrogen) atoms. The number of halogens is 2. The van der Waals surface area contributed by atoms with E-state index in [1.54, 1.807) is 36.4 Å². The van der Waals surface area contributed by atoms with Crippen molar-refractivity contribution in [1.82, 2.24) is 5.43 Å². The lowest BCUT2D eigenvalue weighted by Gasteiger charge is -2.12. The van der Waals surface area contributed by atoms with Gasteiger partial charge in [-0.15, -0.1) is 0 Å². The molecule has 0 unspecified atom stereocenters. The predicted octanol–water partition coefficient (Wildman–Crippen LogP) is 5.74. The largest absolute Gasteiger partial charge is 0.490 e. The number of hydrazone groups is 1. The first kappa shape index (κ1) is 21.7. The average molecular weight is 443 g/mol. The molecule has 154 valence electrons. The van der Waals surface area contributed by atoms with Crippen molar-refractivity contribution in [3.8, 4) is 11.5 Å². The number of amides is 1. The fraction of sp³-hybridized carbons (Fsp3) is 0.130. The number of benzene rings is 3. The molecular formula is C23H20Cl2N2O3. The van der Waals surface area contributed by atoms with Crippen LogP contribution in [0.4, 0.5) is 0 Å². The second-order valence-electron chi connectivity index (χ2n) is 6.27. The zero-order valence-electron chi connectivity index (χ0n) is 16.3. The van der Waals surface area contributed by atoms with Crippen LogP contribution in [0.5, 0.6) is 11.5 Å². The molecule has 0 spiro atoms. The van der Waals surface area contributed by atoms with Gasteiger partial charge in [0.2, 0.25) is 0 Å². The topological polar surface area (TPSA) is 59.9 Å². The van der Waals surface area contributed by atoms with E-state index in [0.29, 0.717) is 40.3 Å². The monoisotopic (exact) mass is 442 g/mol. The van der Waals surface area contributed by atoms with Crippen LogP contribution in [-0.2, 0) is 6.61 Å². The van der Waals surface area contributed by atoms with Crippen molar-refractivity contribution in [2.45, 2.75) is 13.5 Å². The molecule has 0 bridgehead atoms. The quantitative estimate of drug-likeness (QED) is 0.357. The first-order chi connectivity index (χ1) is 14.5. The zero-order valence-corrected chi connectivity index (χ0v) is 17.8. The normalized spacial score (nSPS) is 10.8. The Morgan fingerprint density at radius 3 is 2.47 bits per heavy atom. The molecule has 3 rings (SSSR count). The van der Waals surface area contributed by atoms with Gasteiger partial charge >= 0.3 is 0 Å². The molecular weight excluding hydrogens is 423 g/mol. The summed E-state index contributed by atoms with van der Waals surface area (Å²) < 4.78 is 11.6. The van der Waals surface area contributed by atoms with Gasteiger partial charge < -0.3 is 9.47 Å². The summed E-state index contributed by atoms with van der Waals surface area (Å²) in [7, 11) is 0. The van der Waals surface area contributed by atoms with E-state index in [9.17, 15) is 4.79 Å². The van der Waals surface area contributed by atoms with Crippen molar-refractivity contribution in [2.75, 3.05) is 6.61 Å². The molecule has 0 aromatic heterocycles. The van der Waals surface area contributed by atoms with Crippen molar-refractivity contribution < 1.29 is 14.3 Å². The summed E-state index contributed by atoms with van der Waals surface area (Å²) in [5, 5.41) is 5.15. The van der Waals surface area contributed by atoms with Crippen LogP contribution in [0.25, 0.3) is 0 Å². The van der Waals surface area contributed by atoms with E-state index in [0.717, 1.165) is 11.1 Å². The van der Waals surface area contributed by atoms with Gasteiger partial charge in [-0.3, -0.25) is 4.79 Å². The molecule has 0 saturated heterocycles. The molecule has 0 fully saturated rings. The highest BCUT2D eigenvalue weighted by atomic mass is 35.5. The summed E-state index contributed by atoms with van der Waals surface area (Å²) in [4.78, 5) is 12.1. The highest BCUT2D eigenvalue weighted by Crippen LogP contribution is 2.29. The number of ether oxygens (including phenoxy) is 2. The van der Waals surface area contributed by atoms with Crippen LogP contribution >= 0.6 is 23.2 Å². The van der Waals surface area contributed by atoms with Crippen LogP contribution in [0, 0.1) is 0 Å². The number of carbonyl (C=O) groups is 1. The van der Waals surface area contributed by atoms with Gasteiger partial charge in [0.15, 0.2) is 11.5 Å². The van der Waals surface area contributed by atoms with Crippen molar-refractivity contribution in [3.05, 3.63) is 93.5 Å². The maximum absolute atomic E-state index is 12.1. The van der Waals surface area contributed by atoms with Gasteiger partial charge in [0.25, 0.3) is 5.91 Å². The fourth-order valence-electron chi connectivity index (χ4n) is 2.64. The third kappa shape index (κ3) is 6.24. The van der Waals surface area contributed by atoms with Crippen molar-refractivity contribution in [1.29, 1.82) is 0 Å². The Hall–Kier alpha value is -3.02. The van der Waals surface area contributed by atoms with Crippen molar-refractivity contribution in [3.63, 3.8) is 0 Å². The predicted molar refractivity (Wildman–Crippen MR) is 120 cm³/mol. The molecule has 1 N–H and O–H groups in total. The van der Waals surface area contributed by atoms with Gasteiger partial charge in [0.05, 0.1) is 12.8 Å². The minimum Gasteiger partial charge on any atom is -0.490 e. The molecule has 5 nitrogen and oxygen atoms in total. The highest BCUT2D eigenvalue weighted by Gasteiger charge is 2.08. The molecule has 3 aromatic rings. The minimum absolute atomic E-state index is 0.347. The lowest BCUT2D eigenvalue weighted by atomic mass is 10.2. The first-order valence-electron chi connectivity index (χ1n) is 9.28. The van der Waals surface area contributed by atoms with E-state index in [-0.39, 0.29) is 5.91 Å². The Bertz CT molecular complexity index is 1050. The maximum atomic E-state index is 12.1. The molecule has 0 radical (unpaired) electrons. The van der Waals surface area contributed by atoms with Gasteiger partial charge in [-0.1, -0.05) is 41.4 Å². The Morgan fingerprint density at radius 2 is 1.73 bits per heavy atom. The van der Waals surface area contributed by atoms with E-state index in [4.69, 9.17) is 32.7 Å². The van der Waals surface area contributed by atoms with Gasteiger partial charge in [-0.2, -0.15) is 5.10 Å². The standard InChI is InChI=1S/C23H20Cl2N2O3/c1-2-29-22-12-16(14-26-27-23(28)18-6-4-8-20(25)13-18)9-10-21(22)30-15-17-5-3-7-19(24)11-17/h3-14H,2,15H2,1H3,(H,27,28)/b26-14-. The number of hydrogen-bond donors (Lipinski definition) is 1. The van der Waals surface area contributed by atoms with Gasteiger partial charge in [-0.05, 0) is 66.6 Å². The Labute approximate surface area is 185 Å². The molecule has 7 heteroatoms. The van der Waals surface area contributed by atoms with E-state index in [1.807, 2.05) is 37.3 Å². The Balaban J connectivity index is 1.66. The highest BCUT2D eigenvalue weighted by molar-refractivity contribution is 6.31. The van der Waals surface area contributed by atoms with E-state index >= 15 is 0 Å². The van der Waals surface area contributed by atoms with Crippen LogP contribution in [0.15, 0.2) is 71.8 Å². The van der Waals surface area contributed by atoms with Crippen LogP contribution in [-0.4, -0.2) is 18.7 Å². The average Bonchev–Trinajstić information content (AvgIpc) is 2.73. The van der Waals surface area contributed by atoms with Gasteiger partial charge in [0.1, 0.15) is 6.61 Å². The van der Waals surface area contributed by atoms with Gasteiger partial charge in [-0.25, -0.2) is 5.43 Å². The van der Waals surface area contributed by atoms with E-state index < -0.39 is 0 Å². The fourth-order valence-corrected chi connectivity index (χ4v) is 3.04. The number of hydrogen-bond acceptors (Lipinski definition) is 4. The van der Waals surface area contributed by atoms with Crippen molar-refractivity contribution in [2.24, 2.45) is 5.10 Å². The molecule has 0 aliphatic heterocycles. The second-order valence-corrected chi connectivity index (χ2v) is 7.14. The molecule has 1 amide bonds. The van der Waals surface area contributed by atoms with Crippen molar-refractivity contribution >= 4 is 35.3 Å². The Morgan fingerprint density at radius 1 is 0.967 bits per heavy atom. The van der Waals surface area contributed by atoms with Crippen LogP contribution in [0.2, 0.25) is 10.0 Å². The smallest absolute Gasteiger partial charge is 0.271 e. The first-order valence-corrected chi connectivity index (χ1v) is 10.0. The summed E-state index contributed by atoms with van der Waals surface area (Å²) in [5.74, 6) is 0.849. The van der Waals surface area contributed by atoms with Gasteiger partial charge in [0, 0.05) is 15.6 Å². The molecule has 3 aromatic carbocycles. The molecule has 0 atom stereocenters. The minimum atomic E-state index is -0.347. The van der Waals surface area contributed by atoms with Crippen LogP contribution in [0.1, 0.15) is 28.4 Å². The summed E-state index contributed by atoms with van der Waals surface area (Å²) >= 11 is 11.9. The van der Waals surface area contributed by atoms with Crippen LogP contribution in [0.3, 0.4) is 0 Å². The summed E-state index contributed by atoms with van der Waals surface area (Å²) in [6, 6.07) is 19.6. The van der Waals surface area contributed by atoms with E-state index in [2.05, 4.69) is 10.5 Å². The lowest BCUT2D eigenvalue weighted by Crippen LogP contribution is -2.17. The molecule has 0 saturated carbocycles. The number of nitrogens with one attached hydrogen (secondary N) is 1. The summed E-state index contributed by atoms with van der Waals surface area (Å²) in [6.45, 7) is 2.75. The number of nitrogens with zero attached hydrogens (tertiary/aromatic N) is 1. The summed E-state index contributed by atoms with van der Waals surface area (Å²) in [6.07, 6.45) is 1.53. The number of carbonyl (C=O) groups excluding carboxylic acids is 1. The SMILES string of the molecule is CCOc1cc(/C=N\NC(=O)c2cccc(Cl)c2)ccc1OCc1cccc(Cl)c1. The zero-order chi connectivity index (χ0) is 21.3. The molecule has 0 aliphatic carbocycles. The third-order valence-electron chi connectivity index (χ3n) is 4.02. The maximum Gasteiger partial charge on any atom is 0.271 e. The van der Waals surface area contributed by atoms with Crippen LogP contribution < -0.4 is 14.9 Å². The molecule has 0 heterocycles. The second kappa shape index (κ2) is 10.7. The Kier molecular flexibility index (Phi) is 7.71. The summed E-state index contributed by atoms with van der Waals surface area (Å²) in [5.41, 5.74) is 4.62. The number of rotatable bonds is 8. The third-order valence-corrected chi connectivity index (χ3v) is 4.49. The molecule has 0 aliphatic rings. The lowest BCUT2D eigenvalue weighted by molar-refractivity contribution is 0.0955.